The number of carbonyl (C=O) groups is 1. The van der Waals surface area contributed by atoms with Gasteiger partial charge < -0.3 is 25.5 Å². The van der Waals surface area contributed by atoms with Crippen LogP contribution >= 0.6 is 24.0 Å². The molecule has 1 saturated heterocycles. The van der Waals surface area contributed by atoms with Gasteiger partial charge >= 0.3 is 0 Å². The zero-order valence-electron chi connectivity index (χ0n) is 18.1. The smallest absolute Gasteiger partial charge is 0.284 e. The first-order valence-electron chi connectivity index (χ1n) is 10.4. The molecule has 1 amide bonds. The largest absolute Gasteiger partial charge is 0.496 e. The fourth-order valence-corrected chi connectivity index (χ4v) is 3.72. The van der Waals surface area contributed by atoms with E-state index in [9.17, 15) is 4.79 Å². The molecular formula is C22H32IN5O3. The molecule has 1 aromatic carbocycles. The maximum atomic E-state index is 11.2. The number of nitrogens with two attached hydrogens (primary N) is 1. The van der Waals surface area contributed by atoms with E-state index in [4.69, 9.17) is 14.9 Å². The van der Waals surface area contributed by atoms with Crippen LogP contribution in [-0.4, -0.2) is 50.1 Å². The number of hydrogen-bond acceptors (Lipinski definition) is 5. The molecule has 4 N–H and O–H groups in total. The molecule has 31 heavy (non-hydrogen) atoms. The highest BCUT2D eigenvalue weighted by atomic mass is 127. The van der Waals surface area contributed by atoms with E-state index in [1.165, 1.54) is 18.4 Å². The second kappa shape index (κ2) is 12.6. The zero-order chi connectivity index (χ0) is 21.3. The lowest BCUT2D eigenvalue weighted by molar-refractivity contribution is 0.0972. The molecule has 1 aliphatic rings. The number of methoxy groups -OCH3 is 1. The number of likely N-dealkylation sites (tertiary alicyclic amines) is 1. The number of benzene rings is 1. The van der Waals surface area contributed by atoms with Crippen LogP contribution in [0.4, 0.5) is 0 Å². The van der Waals surface area contributed by atoms with Crippen LogP contribution in [0.3, 0.4) is 0 Å². The molecule has 9 heteroatoms. The Bertz CT molecular complexity index is 864. The topological polar surface area (TPSA) is 105 Å². The molecule has 1 fully saturated rings. The molecule has 2 aromatic rings. The van der Waals surface area contributed by atoms with Crippen LogP contribution in [0.5, 0.6) is 5.75 Å². The minimum absolute atomic E-state index is 0. The fraction of sp³-hybridized carbons (Fsp3) is 0.455. The second-order valence-corrected chi connectivity index (χ2v) is 7.21. The lowest BCUT2D eigenvalue weighted by Crippen LogP contribution is -2.42. The Balaban J connectivity index is 0.00000341. The lowest BCUT2D eigenvalue weighted by atomic mass is 10.0. The number of para-hydroxylation sites is 1. The first-order valence-corrected chi connectivity index (χ1v) is 10.4. The van der Waals surface area contributed by atoms with Crippen molar-refractivity contribution in [3.63, 3.8) is 0 Å². The number of guanidine groups is 1. The maximum absolute atomic E-state index is 11.2. The van der Waals surface area contributed by atoms with Gasteiger partial charge in [-0.25, -0.2) is 4.99 Å². The number of primary amides is 1. The minimum atomic E-state index is -0.583. The summed E-state index contributed by atoms with van der Waals surface area (Å²) in [5.41, 5.74) is 6.41. The molecule has 1 aromatic heterocycles. The van der Waals surface area contributed by atoms with Crippen LogP contribution in [-0.2, 0) is 6.54 Å². The Labute approximate surface area is 200 Å². The van der Waals surface area contributed by atoms with Crippen LogP contribution in [0.2, 0.25) is 0 Å². The van der Waals surface area contributed by atoms with Crippen molar-refractivity contribution in [1.82, 2.24) is 15.5 Å². The number of nitrogens with one attached hydrogen (secondary N) is 2. The summed E-state index contributed by atoms with van der Waals surface area (Å²) in [6.45, 7) is 5.90. The van der Waals surface area contributed by atoms with Crippen LogP contribution < -0.4 is 21.1 Å². The number of ether oxygens (including phenoxy) is 1. The molecule has 0 saturated carbocycles. The van der Waals surface area contributed by atoms with E-state index in [1.54, 1.807) is 19.2 Å². The predicted molar refractivity (Wildman–Crippen MR) is 132 cm³/mol. The standard InChI is InChI=1S/C22H31N5O3.HI/c1-3-24-22(25-14-16-10-11-20(30-16)21(23)28)26-15-18(27-12-6-7-13-27)17-8-4-5-9-19(17)29-2;/h4-5,8-11,18H,3,6-7,12-15H2,1-2H3,(H2,23,28)(H2,24,25,26);1H. The van der Waals surface area contributed by atoms with E-state index in [1.807, 2.05) is 25.1 Å². The van der Waals surface area contributed by atoms with E-state index in [0.29, 0.717) is 24.8 Å². The molecule has 0 spiro atoms. The van der Waals surface area contributed by atoms with Crippen molar-refractivity contribution < 1.29 is 13.9 Å². The quantitative estimate of drug-likeness (QED) is 0.256. The average molecular weight is 541 g/mol. The summed E-state index contributed by atoms with van der Waals surface area (Å²) in [6, 6.07) is 11.6. The Morgan fingerprint density at radius 3 is 2.61 bits per heavy atom. The van der Waals surface area contributed by atoms with Gasteiger partial charge in [0, 0.05) is 18.7 Å². The van der Waals surface area contributed by atoms with Gasteiger partial charge in [-0.05, 0) is 51.1 Å². The van der Waals surface area contributed by atoms with Crippen LogP contribution in [0, 0.1) is 0 Å². The number of amides is 1. The Morgan fingerprint density at radius 2 is 1.97 bits per heavy atom. The molecule has 3 rings (SSSR count). The summed E-state index contributed by atoms with van der Waals surface area (Å²) in [5.74, 6) is 1.73. The van der Waals surface area contributed by atoms with Crippen molar-refractivity contribution >= 4 is 35.8 Å². The molecule has 0 bridgehead atoms. The van der Waals surface area contributed by atoms with Gasteiger partial charge in [-0.15, -0.1) is 24.0 Å². The number of halogens is 1. The van der Waals surface area contributed by atoms with E-state index < -0.39 is 5.91 Å². The average Bonchev–Trinajstić information content (AvgIpc) is 3.45. The van der Waals surface area contributed by atoms with Crippen molar-refractivity contribution in [3.8, 4) is 5.75 Å². The minimum Gasteiger partial charge on any atom is -0.496 e. The Kier molecular flexibility index (Phi) is 10.1. The van der Waals surface area contributed by atoms with Crippen LogP contribution in [0.15, 0.2) is 45.8 Å². The van der Waals surface area contributed by atoms with Crippen molar-refractivity contribution in [2.24, 2.45) is 10.7 Å². The predicted octanol–water partition coefficient (Wildman–Crippen LogP) is 2.90. The Morgan fingerprint density at radius 1 is 1.23 bits per heavy atom. The van der Waals surface area contributed by atoms with Gasteiger partial charge in [-0.1, -0.05) is 18.2 Å². The lowest BCUT2D eigenvalue weighted by Gasteiger charge is -2.30. The summed E-state index contributed by atoms with van der Waals surface area (Å²) < 4.78 is 11.0. The Hall–Kier alpha value is -2.27. The highest BCUT2D eigenvalue weighted by Gasteiger charge is 2.26. The monoisotopic (exact) mass is 541 g/mol. The first kappa shape index (κ1) is 25.0. The highest BCUT2D eigenvalue weighted by Crippen LogP contribution is 2.31. The molecule has 0 aliphatic carbocycles. The van der Waals surface area contributed by atoms with Gasteiger partial charge in [0.05, 0.1) is 13.2 Å². The molecular weight excluding hydrogens is 509 g/mol. The summed E-state index contributed by atoms with van der Waals surface area (Å²) in [7, 11) is 1.71. The van der Waals surface area contributed by atoms with Gasteiger partial charge in [0.1, 0.15) is 18.1 Å². The van der Waals surface area contributed by atoms with Crippen molar-refractivity contribution in [3.05, 3.63) is 53.5 Å². The third kappa shape index (κ3) is 6.86. The van der Waals surface area contributed by atoms with Gasteiger partial charge in [0.15, 0.2) is 11.7 Å². The fourth-order valence-electron chi connectivity index (χ4n) is 3.72. The molecule has 8 nitrogen and oxygen atoms in total. The maximum Gasteiger partial charge on any atom is 0.284 e. The molecule has 1 atom stereocenters. The normalized spacial score (nSPS) is 15.2. The van der Waals surface area contributed by atoms with E-state index in [2.05, 4.69) is 26.6 Å². The molecule has 170 valence electrons. The third-order valence-corrected chi connectivity index (χ3v) is 5.18. The van der Waals surface area contributed by atoms with E-state index >= 15 is 0 Å². The van der Waals surface area contributed by atoms with Crippen LogP contribution in [0.1, 0.15) is 47.7 Å². The summed E-state index contributed by atoms with van der Waals surface area (Å²) in [4.78, 5) is 18.3. The number of rotatable bonds is 9. The summed E-state index contributed by atoms with van der Waals surface area (Å²) in [6.07, 6.45) is 2.42. The van der Waals surface area contributed by atoms with E-state index in [-0.39, 0.29) is 35.8 Å². The number of furan rings is 1. The third-order valence-electron chi connectivity index (χ3n) is 5.18. The van der Waals surface area contributed by atoms with Crippen molar-refractivity contribution in [2.45, 2.75) is 32.4 Å². The SMILES string of the molecule is CCNC(=NCc1ccc(C(N)=O)o1)NCC(c1ccccc1OC)N1CCCC1.I. The van der Waals surface area contributed by atoms with E-state index in [0.717, 1.165) is 25.4 Å². The number of hydrogen-bond donors (Lipinski definition) is 3. The second-order valence-electron chi connectivity index (χ2n) is 7.21. The highest BCUT2D eigenvalue weighted by molar-refractivity contribution is 14.0. The van der Waals surface area contributed by atoms with Crippen molar-refractivity contribution in [2.75, 3.05) is 33.3 Å². The molecule has 0 radical (unpaired) electrons. The van der Waals surface area contributed by atoms with Gasteiger partial charge in [-0.2, -0.15) is 0 Å². The molecule has 1 aliphatic heterocycles. The van der Waals surface area contributed by atoms with Gasteiger partial charge in [-0.3, -0.25) is 9.69 Å². The van der Waals surface area contributed by atoms with Gasteiger partial charge in [0.25, 0.3) is 5.91 Å². The number of nitrogens with zero attached hydrogens (tertiary/aromatic N) is 2. The summed E-state index contributed by atoms with van der Waals surface area (Å²) >= 11 is 0. The zero-order valence-corrected chi connectivity index (χ0v) is 20.4. The molecule has 1 unspecified atom stereocenters. The molecule has 2 heterocycles. The number of carbonyl (C=O) groups excluding carboxylic acids is 1. The summed E-state index contributed by atoms with van der Waals surface area (Å²) in [5, 5.41) is 6.72. The number of aliphatic imine (C=N–C) groups is 1. The van der Waals surface area contributed by atoms with Crippen LogP contribution in [0.25, 0.3) is 0 Å². The van der Waals surface area contributed by atoms with Crippen molar-refractivity contribution in [1.29, 1.82) is 0 Å². The van der Waals surface area contributed by atoms with Gasteiger partial charge in [0.2, 0.25) is 0 Å². The first-order chi connectivity index (χ1) is 14.6.